The summed E-state index contributed by atoms with van der Waals surface area (Å²) >= 11 is 0. The van der Waals surface area contributed by atoms with Crippen LogP contribution < -0.4 is 9.22 Å². The van der Waals surface area contributed by atoms with Crippen LogP contribution in [0.5, 0.6) is 5.75 Å². The summed E-state index contributed by atoms with van der Waals surface area (Å²) in [5.41, 5.74) is 3.39. The molecule has 5 nitrogen and oxygen atoms in total. The van der Waals surface area contributed by atoms with Gasteiger partial charge < -0.3 is 9.47 Å². The van der Waals surface area contributed by atoms with Crippen molar-refractivity contribution in [2.75, 3.05) is 34.4 Å². The fourth-order valence-electron chi connectivity index (χ4n) is 3.17. The van der Waals surface area contributed by atoms with E-state index in [9.17, 15) is 9.59 Å². The van der Waals surface area contributed by atoms with Crippen LogP contribution in [0, 0.1) is 0 Å². The summed E-state index contributed by atoms with van der Waals surface area (Å²) in [6.45, 7) is 0.734. The Hall–Kier alpha value is -3.44. The summed E-state index contributed by atoms with van der Waals surface area (Å²) in [7, 11) is 6.30. The van der Waals surface area contributed by atoms with Crippen molar-refractivity contribution in [3.63, 3.8) is 0 Å². The molecular weight excluding hydrogens is 402 g/mol. The van der Waals surface area contributed by atoms with Crippen molar-refractivity contribution in [3.8, 4) is 5.75 Å². The van der Waals surface area contributed by atoms with E-state index in [-0.39, 0.29) is 18.2 Å². The molecule has 3 rings (SSSR count). The number of hydrogen-bond donors (Lipinski definition) is 0. The fraction of sp³-hybridized carbons (Fsp3) is 0.259. The number of benzene rings is 3. The van der Waals surface area contributed by atoms with Gasteiger partial charge in [0, 0.05) is 17.5 Å². The van der Waals surface area contributed by atoms with Gasteiger partial charge in [0.2, 0.25) is 0 Å². The molecule has 5 heteroatoms. The lowest BCUT2D eigenvalue weighted by Crippen LogP contribution is -2.34. The number of nitrogens with zero attached hydrogens (tertiary/aromatic N) is 1. The maximum absolute atomic E-state index is 12.4. The molecule has 0 aliphatic heterocycles. The topological polar surface area (TPSA) is 52.6 Å². The molecule has 0 spiro atoms. The summed E-state index contributed by atoms with van der Waals surface area (Å²) in [5, 5.41) is 0. The van der Waals surface area contributed by atoms with Crippen LogP contribution in [0.2, 0.25) is 0 Å². The standard InChI is InChI=1S/C27H30NO4/c1-28(2,3)24-14-10-21(11-15-24)20-26(29)32-19-7-18-31-25-16-12-23(13-17-25)27(30)22-8-5-4-6-9-22/h4-6,8-17H,7,18-20H2,1-3H3/q+1. The lowest BCUT2D eigenvalue weighted by molar-refractivity contribution is -0.143. The molecule has 32 heavy (non-hydrogen) atoms. The van der Waals surface area contributed by atoms with E-state index in [0.29, 0.717) is 36.5 Å². The van der Waals surface area contributed by atoms with Crippen molar-refractivity contribution in [2.24, 2.45) is 0 Å². The molecular formula is C27H30NO4+. The van der Waals surface area contributed by atoms with Gasteiger partial charge in [-0.1, -0.05) is 42.5 Å². The second-order valence-corrected chi connectivity index (χ2v) is 8.50. The van der Waals surface area contributed by atoms with Crippen molar-refractivity contribution < 1.29 is 19.1 Å². The Kier molecular flexibility index (Phi) is 7.79. The second-order valence-electron chi connectivity index (χ2n) is 8.50. The molecule has 0 aliphatic rings. The Morgan fingerprint density at radius 1 is 0.750 bits per heavy atom. The van der Waals surface area contributed by atoms with Crippen LogP contribution in [0.4, 0.5) is 5.69 Å². The summed E-state index contributed by atoms with van der Waals surface area (Å²) in [6.07, 6.45) is 0.853. The maximum atomic E-state index is 12.4. The molecule has 3 aromatic carbocycles. The van der Waals surface area contributed by atoms with Crippen molar-refractivity contribution in [3.05, 3.63) is 95.6 Å². The van der Waals surface area contributed by atoms with E-state index in [1.807, 2.05) is 42.5 Å². The SMILES string of the molecule is C[N+](C)(C)c1ccc(CC(=O)OCCCOc2ccc(C(=O)c3ccccc3)cc2)cc1. The zero-order chi connectivity index (χ0) is 23.0. The van der Waals surface area contributed by atoms with Gasteiger partial charge in [-0.05, 0) is 42.0 Å². The van der Waals surface area contributed by atoms with Gasteiger partial charge in [-0.15, -0.1) is 0 Å². The molecule has 0 amide bonds. The van der Waals surface area contributed by atoms with Crippen molar-refractivity contribution in [1.82, 2.24) is 4.48 Å². The normalized spacial score (nSPS) is 11.1. The number of rotatable bonds is 10. The minimum Gasteiger partial charge on any atom is -0.493 e. The first-order valence-corrected chi connectivity index (χ1v) is 10.7. The molecule has 3 aromatic rings. The van der Waals surface area contributed by atoms with Crippen molar-refractivity contribution in [1.29, 1.82) is 0 Å². The summed E-state index contributed by atoms with van der Waals surface area (Å²) < 4.78 is 11.7. The minimum atomic E-state index is -0.244. The smallest absolute Gasteiger partial charge is 0.310 e. The third-order valence-electron chi connectivity index (χ3n) is 5.03. The number of ether oxygens (including phenoxy) is 2. The quantitative estimate of drug-likeness (QED) is 0.202. The summed E-state index contributed by atoms with van der Waals surface area (Å²) in [5.74, 6) is 0.418. The molecule has 0 radical (unpaired) electrons. The zero-order valence-electron chi connectivity index (χ0n) is 18.9. The van der Waals surface area contributed by atoms with Gasteiger partial charge in [0.1, 0.15) is 11.4 Å². The Labute approximate surface area is 189 Å². The Morgan fingerprint density at radius 3 is 2.00 bits per heavy atom. The first-order valence-electron chi connectivity index (χ1n) is 10.7. The van der Waals surface area contributed by atoms with E-state index in [1.54, 1.807) is 36.4 Å². The van der Waals surface area contributed by atoms with Crippen molar-refractivity contribution in [2.45, 2.75) is 12.8 Å². The van der Waals surface area contributed by atoms with Crippen LogP contribution in [0.25, 0.3) is 0 Å². The van der Waals surface area contributed by atoms with Gasteiger partial charge in [-0.3, -0.25) is 14.1 Å². The van der Waals surface area contributed by atoms with E-state index < -0.39 is 0 Å². The zero-order valence-corrected chi connectivity index (χ0v) is 18.9. The highest BCUT2D eigenvalue weighted by molar-refractivity contribution is 6.08. The molecule has 0 aromatic heterocycles. The molecule has 166 valence electrons. The van der Waals surface area contributed by atoms with Crippen LogP contribution in [0.3, 0.4) is 0 Å². The largest absolute Gasteiger partial charge is 0.493 e. The molecule has 0 saturated heterocycles. The van der Waals surface area contributed by atoms with E-state index in [0.717, 1.165) is 10.0 Å². The van der Waals surface area contributed by atoms with Crippen LogP contribution in [-0.2, 0) is 16.0 Å². The molecule has 0 fully saturated rings. The van der Waals surface area contributed by atoms with E-state index >= 15 is 0 Å². The molecule has 0 atom stereocenters. The average molecular weight is 433 g/mol. The molecule has 0 aliphatic carbocycles. The Balaban J connectivity index is 1.36. The number of quaternary nitrogens is 1. The summed E-state index contributed by atoms with van der Waals surface area (Å²) in [6, 6.07) is 24.3. The van der Waals surface area contributed by atoms with E-state index in [1.165, 1.54) is 5.69 Å². The monoisotopic (exact) mass is 432 g/mol. The highest BCUT2D eigenvalue weighted by atomic mass is 16.5. The third-order valence-corrected chi connectivity index (χ3v) is 5.03. The second kappa shape index (κ2) is 10.7. The lowest BCUT2D eigenvalue weighted by atomic mass is 10.0. The van der Waals surface area contributed by atoms with Gasteiger partial charge in [0.25, 0.3) is 0 Å². The molecule has 0 N–H and O–H groups in total. The van der Waals surface area contributed by atoms with Crippen LogP contribution in [0.15, 0.2) is 78.9 Å². The van der Waals surface area contributed by atoms with Crippen LogP contribution >= 0.6 is 0 Å². The van der Waals surface area contributed by atoms with Gasteiger partial charge in [0.05, 0.1) is 40.8 Å². The highest BCUT2D eigenvalue weighted by Gasteiger charge is 2.12. The van der Waals surface area contributed by atoms with Crippen LogP contribution in [0.1, 0.15) is 27.9 Å². The van der Waals surface area contributed by atoms with Crippen LogP contribution in [-0.4, -0.2) is 46.1 Å². The summed E-state index contributed by atoms with van der Waals surface area (Å²) in [4.78, 5) is 24.5. The molecule has 0 bridgehead atoms. The lowest BCUT2D eigenvalue weighted by Gasteiger charge is -2.23. The molecule has 0 unspecified atom stereocenters. The predicted octanol–water partition coefficient (Wildman–Crippen LogP) is 4.67. The highest BCUT2D eigenvalue weighted by Crippen LogP contribution is 2.18. The van der Waals surface area contributed by atoms with E-state index in [4.69, 9.17) is 9.47 Å². The van der Waals surface area contributed by atoms with Crippen molar-refractivity contribution >= 4 is 17.4 Å². The number of hydrogen-bond acceptors (Lipinski definition) is 4. The number of esters is 1. The minimum absolute atomic E-state index is 0.0174. The number of ketones is 1. The van der Waals surface area contributed by atoms with E-state index in [2.05, 4.69) is 21.1 Å². The fourth-order valence-corrected chi connectivity index (χ4v) is 3.17. The first-order chi connectivity index (χ1) is 15.3. The van der Waals surface area contributed by atoms with Gasteiger partial charge in [-0.2, -0.15) is 0 Å². The number of carbonyl (C=O) groups is 2. The van der Waals surface area contributed by atoms with Gasteiger partial charge in [0.15, 0.2) is 5.78 Å². The van der Waals surface area contributed by atoms with Gasteiger partial charge in [-0.25, -0.2) is 0 Å². The predicted molar refractivity (Wildman–Crippen MR) is 127 cm³/mol. The third kappa shape index (κ3) is 6.79. The Morgan fingerprint density at radius 2 is 1.38 bits per heavy atom. The molecule has 0 saturated carbocycles. The average Bonchev–Trinajstić information content (AvgIpc) is 2.79. The Bertz CT molecular complexity index is 1020. The number of carbonyl (C=O) groups excluding carboxylic acids is 2. The molecule has 0 heterocycles. The van der Waals surface area contributed by atoms with Gasteiger partial charge >= 0.3 is 5.97 Å². The first kappa shape index (κ1) is 23.2. The maximum Gasteiger partial charge on any atom is 0.310 e.